The fourth-order valence-electron chi connectivity index (χ4n) is 1.19. The molecule has 2 aromatic heterocycles. The molecule has 0 amide bonds. The normalized spacial score (nSPS) is 10.2. The first-order valence-corrected chi connectivity index (χ1v) is 4.96. The maximum absolute atomic E-state index is 4.21. The van der Waals surface area contributed by atoms with Crippen LogP contribution in [-0.2, 0) is 6.42 Å². The second-order valence-corrected chi connectivity index (χ2v) is 4.20. The van der Waals surface area contributed by atoms with E-state index in [4.69, 9.17) is 0 Å². The van der Waals surface area contributed by atoms with Crippen LogP contribution in [-0.4, -0.2) is 9.97 Å². The third-order valence-corrected chi connectivity index (χ3v) is 2.68. The molecule has 0 aliphatic carbocycles. The van der Waals surface area contributed by atoms with Crippen LogP contribution in [0.4, 0.5) is 0 Å². The molecule has 0 unspecified atom stereocenters. The highest BCUT2D eigenvalue weighted by atomic mass is 32.1. The van der Waals surface area contributed by atoms with Crippen molar-refractivity contribution in [2.24, 2.45) is 0 Å². The van der Waals surface area contributed by atoms with Gasteiger partial charge in [-0.15, -0.1) is 11.3 Å². The Labute approximate surface area is 81.3 Å². The lowest BCUT2D eigenvalue weighted by molar-refractivity contribution is 1.16. The summed E-state index contributed by atoms with van der Waals surface area (Å²) in [6.45, 7) is 2.03. The Balaban J connectivity index is 2.15. The number of pyridine rings is 1. The average Bonchev–Trinajstić information content (AvgIpc) is 2.53. The number of aryl methyl sites for hydroxylation is 1. The van der Waals surface area contributed by atoms with Crippen molar-refractivity contribution >= 4 is 11.3 Å². The Morgan fingerprint density at radius 1 is 1.38 bits per heavy atom. The van der Waals surface area contributed by atoms with Gasteiger partial charge >= 0.3 is 0 Å². The van der Waals surface area contributed by atoms with Gasteiger partial charge in [0.05, 0.1) is 5.01 Å². The van der Waals surface area contributed by atoms with Crippen molar-refractivity contribution in [1.82, 2.24) is 9.97 Å². The zero-order chi connectivity index (χ0) is 9.10. The molecular formula is C10H10N2S. The second-order valence-electron chi connectivity index (χ2n) is 2.88. The summed E-state index contributed by atoms with van der Waals surface area (Å²) in [7, 11) is 0. The van der Waals surface area contributed by atoms with Gasteiger partial charge < -0.3 is 0 Å². The Morgan fingerprint density at radius 2 is 2.31 bits per heavy atom. The lowest BCUT2D eigenvalue weighted by Crippen LogP contribution is -1.84. The molecule has 0 saturated carbocycles. The summed E-state index contributed by atoms with van der Waals surface area (Å²) >= 11 is 1.74. The van der Waals surface area contributed by atoms with Crippen LogP contribution >= 0.6 is 11.3 Å². The lowest BCUT2D eigenvalue weighted by atomic mass is 10.2. The van der Waals surface area contributed by atoms with Crippen molar-refractivity contribution in [3.05, 3.63) is 46.2 Å². The van der Waals surface area contributed by atoms with Gasteiger partial charge in [-0.2, -0.15) is 0 Å². The number of rotatable bonds is 2. The maximum atomic E-state index is 4.21. The molecule has 0 radical (unpaired) electrons. The van der Waals surface area contributed by atoms with E-state index < -0.39 is 0 Å². The van der Waals surface area contributed by atoms with Crippen molar-refractivity contribution < 1.29 is 0 Å². The quantitative estimate of drug-likeness (QED) is 0.727. The van der Waals surface area contributed by atoms with E-state index in [-0.39, 0.29) is 0 Å². The Kier molecular flexibility index (Phi) is 2.36. The number of thiazole rings is 1. The molecule has 13 heavy (non-hydrogen) atoms. The van der Waals surface area contributed by atoms with Crippen LogP contribution < -0.4 is 0 Å². The van der Waals surface area contributed by atoms with Gasteiger partial charge in [0.2, 0.25) is 0 Å². The number of aromatic nitrogens is 2. The van der Waals surface area contributed by atoms with Gasteiger partial charge in [-0.05, 0) is 18.6 Å². The highest BCUT2D eigenvalue weighted by Crippen LogP contribution is 2.15. The molecular weight excluding hydrogens is 180 g/mol. The van der Waals surface area contributed by atoms with Crippen LogP contribution in [0.2, 0.25) is 0 Å². The van der Waals surface area contributed by atoms with Gasteiger partial charge in [-0.25, -0.2) is 4.98 Å². The summed E-state index contributed by atoms with van der Waals surface area (Å²) in [6.07, 6.45) is 6.57. The molecule has 0 saturated heterocycles. The van der Waals surface area contributed by atoms with E-state index >= 15 is 0 Å². The maximum Gasteiger partial charge on any atom is 0.0896 e. The van der Waals surface area contributed by atoms with Gasteiger partial charge in [-0.3, -0.25) is 4.98 Å². The summed E-state index contributed by atoms with van der Waals surface area (Å²) in [5.74, 6) is 0. The standard InChI is InChI=1S/C10H10N2S/c1-8-12-7-10(13-8)5-9-3-2-4-11-6-9/h2-4,6-7H,5H2,1H3. The molecule has 0 aliphatic rings. The van der Waals surface area contributed by atoms with Gasteiger partial charge in [0.25, 0.3) is 0 Å². The van der Waals surface area contributed by atoms with Gasteiger partial charge in [0, 0.05) is 29.9 Å². The Hall–Kier alpha value is -1.22. The minimum Gasteiger partial charge on any atom is -0.264 e. The predicted molar refractivity (Wildman–Crippen MR) is 53.9 cm³/mol. The fraction of sp³-hybridized carbons (Fsp3) is 0.200. The zero-order valence-corrected chi connectivity index (χ0v) is 8.21. The van der Waals surface area contributed by atoms with Crippen LogP contribution in [0.15, 0.2) is 30.7 Å². The van der Waals surface area contributed by atoms with Gasteiger partial charge in [-0.1, -0.05) is 6.07 Å². The van der Waals surface area contributed by atoms with E-state index in [1.807, 2.05) is 25.4 Å². The highest BCUT2D eigenvalue weighted by molar-refractivity contribution is 7.11. The molecule has 0 spiro atoms. The SMILES string of the molecule is Cc1ncc(Cc2cccnc2)s1. The van der Waals surface area contributed by atoms with Crippen molar-refractivity contribution in [1.29, 1.82) is 0 Å². The molecule has 2 heterocycles. The first kappa shape index (κ1) is 8.38. The lowest BCUT2D eigenvalue weighted by Gasteiger charge is -1.94. The van der Waals surface area contributed by atoms with Crippen LogP contribution in [0.25, 0.3) is 0 Å². The summed E-state index contributed by atoms with van der Waals surface area (Å²) < 4.78 is 0. The fourth-order valence-corrected chi connectivity index (χ4v) is 2.02. The number of nitrogens with zero attached hydrogens (tertiary/aromatic N) is 2. The largest absolute Gasteiger partial charge is 0.264 e. The minimum atomic E-state index is 0.944. The number of hydrogen-bond donors (Lipinski definition) is 0. The second kappa shape index (κ2) is 3.66. The van der Waals surface area contributed by atoms with Crippen molar-refractivity contribution in [3.63, 3.8) is 0 Å². The van der Waals surface area contributed by atoms with Crippen LogP contribution in [0, 0.1) is 6.92 Å². The van der Waals surface area contributed by atoms with Crippen LogP contribution in [0.5, 0.6) is 0 Å². The van der Waals surface area contributed by atoms with E-state index in [1.54, 1.807) is 17.5 Å². The monoisotopic (exact) mass is 190 g/mol. The summed E-state index contributed by atoms with van der Waals surface area (Å²) in [4.78, 5) is 9.58. The van der Waals surface area contributed by atoms with Crippen molar-refractivity contribution in [2.75, 3.05) is 0 Å². The Bertz CT molecular complexity index is 381. The first-order valence-electron chi connectivity index (χ1n) is 4.15. The van der Waals surface area contributed by atoms with Gasteiger partial charge in [0.15, 0.2) is 0 Å². The van der Waals surface area contributed by atoms with E-state index in [2.05, 4.69) is 16.0 Å². The first-order chi connectivity index (χ1) is 6.34. The Morgan fingerprint density at radius 3 is 2.92 bits per heavy atom. The van der Waals surface area contributed by atoms with Crippen molar-refractivity contribution in [3.8, 4) is 0 Å². The smallest absolute Gasteiger partial charge is 0.0896 e. The summed E-state index contributed by atoms with van der Waals surface area (Å²) in [6, 6.07) is 4.05. The van der Waals surface area contributed by atoms with E-state index in [0.29, 0.717) is 0 Å². The van der Waals surface area contributed by atoms with Gasteiger partial charge in [0.1, 0.15) is 0 Å². The van der Waals surface area contributed by atoms with Crippen LogP contribution in [0.3, 0.4) is 0 Å². The topological polar surface area (TPSA) is 25.8 Å². The van der Waals surface area contributed by atoms with Crippen molar-refractivity contribution in [2.45, 2.75) is 13.3 Å². The summed E-state index contributed by atoms with van der Waals surface area (Å²) in [5, 5.41) is 1.12. The average molecular weight is 190 g/mol. The van der Waals surface area contributed by atoms with Crippen LogP contribution in [0.1, 0.15) is 15.4 Å². The summed E-state index contributed by atoms with van der Waals surface area (Å²) in [5.41, 5.74) is 1.24. The molecule has 66 valence electrons. The molecule has 0 bridgehead atoms. The third kappa shape index (κ3) is 2.12. The van der Waals surface area contributed by atoms with E-state index in [1.165, 1.54) is 10.4 Å². The molecule has 0 fully saturated rings. The molecule has 0 N–H and O–H groups in total. The molecule has 3 heteroatoms. The molecule has 0 atom stereocenters. The van der Waals surface area contributed by atoms with E-state index in [0.717, 1.165) is 11.4 Å². The molecule has 2 nitrogen and oxygen atoms in total. The molecule has 2 aromatic rings. The third-order valence-electron chi connectivity index (χ3n) is 1.77. The zero-order valence-electron chi connectivity index (χ0n) is 7.40. The number of hydrogen-bond acceptors (Lipinski definition) is 3. The van der Waals surface area contributed by atoms with E-state index in [9.17, 15) is 0 Å². The minimum absolute atomic E-state index is 0.944. The molecule has 0 aliphatic heterocycles. The molecule has 0 aromatic carbocycles. The molecule has 2 rings (SSSR count). The highest BCUT2D eigenvalue weighted by Gasteiger charge is 1.99. The predicted octanol–water partition coefficient (Wildman–Crippen LogP) is 2.44.